The lowest BCUT2D eigenvalue weighted by Gasteiger charge is -2.19. The van der Waals surface area contributed by atoms with Crippen molar-refractivity contribution in [2.75, 3.05) is 0 Å². The highest BCUT2D eigenvalue weighted by Crippen LogP contribution is 2.36. The van der Waals surface area contributed by atoms with Crippen LogP contribution in [0.4, 0.5) is 26.3 Å². The number of alkyl halides is 2. The van der Waals surface area contributed by atoms with Gasteiger partial charge in [0.25, 0.3) is 0 Å². The van der Waals surface area contributed by atoms with Crippen LogP contribution in [0.2, 0.25) is 0 Å². The lowest BCUT2D eigenvalue weighted by molar-refractivity contribution is -0.185. The molecule has 0 aromatic heterocycles. The Bertz CT molecular complexity index is 1840. The molecule has 5 rings (SSSR count). The first-order chi connectivity index (χ1) is 21.6. The number of nitrogens with zero attached hydrogens (tertiary/aromatic N) is 1. The molecule has 0 fully saturated rings. The summed E-state index contributed by atoms with van der Waals surface area (Å²) < 4.78 is 92.7. The van der Waals surface area contributed by atoms with Crippen molar-refractivity contribution in [2.24, 2.45) is 0 Å². The van der Waals surface area contributed by atoms with E-state index in [4.69, 9.17) is 10.00 Å². The Morgan fingerprint density at radius 1 is 0.622 bits per heavy atom. The van der Waals surface area contributed by atoms with E-state index in [1.54, 1.807) is 12.1 Å². The lowest BCUT2D eigenvalue weighted by atomic mass is 9.97. The van der Waals surface area contributed by atoms with E-state index < -0.39 is 46.3 Å². The number of unbranched alkanes of at least 4 members (excludes halogenated alkanes) is 2. The molecule has 0 N–H and O–H groups in total. The average Bonchev–Trinajstić information content (AvgIpc) is 3.01. The molecular weight excluding hydrogens is 588 g/mol. The molecule has 0 radical (unpaired) electrons. The van der Waals surface area contributed by atoms with Crippen molar-refractivity contribution in [1.29, 1.82) is 5.26 Å². The summed E-state index contributed by atoms with van der Waals surface area (Å²) in [5.74, 6) is -4.46. The third-order valence-electron chi connectivity index (χ3n) is 7.51. The second-order valence-electron chi connectivity index (χ2n) is 10.6. The Hall–Kier alpha value is -5.03. The van der Waals surface area contributed by atoms with E-state index >= 15 is 13.2 Å². The number of rotatable bonds is 10. The molecule has 0 aliphatic heterocycles. The standard InChI is InChI=1S/C37H27F6NO/c1-2-3-4-5-23-6-8-24(9-7-23)26-12-16-30(33(38)18-26)25-10-13-28(14-11-25)37(42,43)45-29-15-17-31(36(41)21-29)27-19-34(39)32(22-44)35(40)20-27/h6-21H,2-5H2,1H3. The van der Waals surface area contributed by atoms with Gasteiger partial charge in [-0.3, -0.25) is 0 Å². The van der Waals surface area contributed by atoms with Gasteiger partial charge < -0.3 is 4.74 Å². The predicted octanol–water partition coefficient (Wildman–Crippen LogP) is 11.0. The molecule has 0 amide bonds. The van der Waals surface area contributed by atoms with Crippen LogP contribution in [-0.4, -0.2) is 0 Å². The summed E-state index contributed by atoms with van der Waals surface area (Å²) in [4.78, 5) is 0. The van der Waals surface area contributed by atoms with Crippen molar-refractivity contribution in [1.82, 2.24) is 0 Å². The van der Waals surface area contributed by atoms with Crippen molar-refractivity contribution < 1.29 is 31.1 Å². The monoisotopic (exact) mass is 615 g/mol. The first-order valence-electron chi connectivity index (χ1n) is 14.3. The predicted molar refractivity (Wildman–Crippen MR) is 161 cm³/mol. The van der Waals surface area contributed by atoms with Gasteiger partial charge in [0.2, 0.25) is 0 Å². The molecule has 0 aliphatic rings. The van der Waals surface area contributed by atoms with Crippen LogP contribution in [0.5, 0.6) is 5.75 Å². The van der Waals surface area contributed by atoms with Gasteiger partial charge in [-0.1, -0.05) is 68.3 Å². The Morgan fingerprint density at radius 3 is 1.78 bits per heavy atom. The summed E-state index contributed by atoms with van der Waals surface area (Å²) in [5, 5.41) is 8.81. The second-order valence-corrected chi connectivity index (χ2v) is 10.6. The highest BCUT2D eigenvalue weighted by atomic mass is 19.3. The van der Waals surface area contributed by atoms with Crippen LogP contribution >= 0.6 is 0 Å². The first-order valence-corrected chi connectivity index (χ1v) is 14.3. The molecule has 0 atom stereocenters. The molecule has 0 heterocycles. The molecule has 5 aromatic carbocycles. The Kier molecular flexibility index (Phi) is 9.29. The summed E-state index contributed by atoms with van der Waals surface area (Å²) in [6.45, 7) is 2.16. The molecule has 0 saturated heterocycles. The van der Waals surface area contributed by atoms with Crippen molar-refractivity contribution in [2.45, 2.75) is 38.7 Å². The summed E-state index contributed by atoms with van der Waals surface area (Å²) in [7, 11) is 0. The van der Waals surface area contributed by atoms with Crippen molar-refractivity contribution in [3.05, 3.63) is 137 Å². The lowest BCUT2D eigenvalue weighted by Crippen LogP contribution is -2.21. The third kappa shape index (κ3) is 7.04. The van der Waals surface area contributed by atoms with E-state index in [-0.39, 0.29) is 16.7 Å². The molecular formula is C37H27F6NO. The molecule has 8 heteroatoms. The SMILES string of the molecule is CCCCCc1ccc(-c2ccc(-c3ccc(C(F)(F)Oc4ccc(-c5cc(F)c(C#N)c(F)c5)c(F)c4)cc3)c(F)c2)cc1. The highest BCUT2D eigenvalue weighted by Gasteiger charge is 2.35. The number of hydrogen-bond acceptors (Lipinski definition) is 2. The number of benzene rings is 5. The van der Waals surface area contributed by atoms with E-state index in [2.05, 4.69) is 6.92 Å². The highest BCUT2D eigenvalue weighted by molar-refractivity contribution is 5.71. The van der Waals surface area contributed by atoms with E-state index in [1.807, 2.05) is 24.3 Å². The molecule has 0 bridgehead atoms. The fraction of sp³-hybridized carbons (Fsp3) is 0.162. The van der Waals surface area contributed by atoms with Gasteiger partial charge >= 0.3 is 6.11 Å². The summed E-state index contributed by atoms with van der Waals surface area (Å²) in [6, 6.07) is 23.3. The minimum atomic E-state index is -3.88. The smallest absolute Gasteiger partial charge is 0.426 e. The maximum Gasteiger partial charge on any atom is 0.426 e. The van der Waals surface area contributed by atoms with Crippen LogP contribution in [0.1, 0.15) is 42.9 Å². The van der Waals surface area contributed by atoms with Crippen molar-refractivity contribution >= 4 is 0 Å². The summed E-state index contributed by atoms with van der Waals surface area (Å²) in [6.07, 6.45) is 0.551. The topological polar surface area (TPSA) is 33.0 Å². The second kappa shape index (κ2) is 13.3. The maximum absolute atomic E-state index is 15.1. The fourth-order valence-electron chi connectivity index (χ4n) is 5.05. The van der Waals surface area contributed by atoms with E-state index in [0.717, 1.165) is 61.2 Å². The van der Waals surface area contributed by atoms with Gasteiger partial charge in [-0.25, -0.2) is 17.6 Å². The van der Waals surface area contributed by atoms with Crippen LogP contribution in [0.15, 0.2) is 97.1 Å². The summed E-state index contributed by atoms with van der Waals surface area (Å²) in [5.41, 5.74) is 1.54. The van der Waals surface area contributed by atoms with E-state index in [0.29, 0.717) is 17.2 Å². The van der Waals surface area contributed by atoms with Gasteiger partial charge in [-0.2, -0.15) is 14.0 Å². The first kappa shape index (κ1) is 31.4. The Labute approximate surface area is 257 Å². The third-order valence-corrected chi connectivity index (χ3v) is 7.51. The zero-order valence-electron chi connectivity index (χ0n) is 24.2. The number of ether oxygens (including phenoxy) is 1. The van der Waals surface area contributed by atoms with E-state index in [1.165, 1.54) is 36.3 Å². The minimum Gasteiger partial charge on any atom is -0.429 e. The average molecular weight is 616 g/mol. The van der Waals surface area contributed by atoms with Gasteiger partial charge in [-0.15, -0.1) is 0 Å². The molecule has 0 spiro atoms. The van der Waals surface area contributed by atoms with E-state index in [9.17, 15) is 13.2 Å². The molecule has 0 aliphatic carbocycles. The number of nitriles is 1. The molecule has 0 saturated carbocycles. The van der Waals surface area contributed by atoms with Crippen LogP contribution < -0.4 is 4.74 Å². The summed E-state index contributed by atoms with van der Waals surface area (Å²) >= 11 is 0. The van der Waals surface area contributed by atoms with Crippen LogP contribution in [0.3, 0.4) is 0 Å². The number of hydrogen-bond donors (Lipinski definition) is 0. The van der Waals surface area contributed by atoms with Gasteiger partial charge in [0.1, 0.15) is 40.7 Å². The molecule has 0 unspecified atom stereocenters. The largest absolute Gasteiger partial charge is 0.429 e. The van der Waals surface area contributed by atoms with Crippen LogP contribution in [0.25, 0.3) is 33.4 Å². The number of halogens is 6. The fourth-order valence-corrected chi connectivity index (χ4v) is 5.05. The molecule has 45 heavy (non-hydrogen) atoms. The van der Waals surface area contributed by atoms with Crippen molar-refractivity contribution in [3.63, 3.8) is 0 Å². The van der Waals surface area contributed by atoms with Crippen LogP contribution in [0, 0.1) is 34.6 Å². The van der Waals surface area contributed by atoms with Gasteiger partial charge in [0.15, 0.2) is 0 Å². The van der Waals surface area contributed by atoms with Crippen molar-refractivity contribution in [3.8, 4) is 45.2 Å². The van der Waals surface area contributed by atoms with Crippen LogP contribution in [-0.2, 0) is 12.5 Å². The molecule has 2 nitrogen and oxygen atoms in total. The Morgan fingerprint density at radius 2 is 1.18 bits per heavy atom. The zero-order chi connectivity index (χ0) is 32.1. The van der Waals surface area contributed by atoms with Gasteiger partial charge in [0.05, 0.1) is 5.56 Å². The molecule has 5 aromatic rings. The quantitative estimate of drug-likeness (QED) is 0.116. The van der Waals surface area contributed by atoms with Gasteiger partial charge in [-0.05, 0) is 83.1 Å². The molecule has 228 valence electrons. The normalized spacial score (nSPS) is 11.3. The number of aryl methyl sites for hydroxylation is 1. The maximum atomic E-state index is 15.1. The minimum absolute atomic E-state index is 0.216. The zero-order valence-corrected chi connectivity index (χ0v) is 24.2. The van der Waals surface area contributed by atoms with Gasteiger partial charge in [0, 0.05) is 17.2 Å². The Balaban J connectivity index is 1.29.